The van der Waals surface area contributed by atoms with Crippen LogP contribution in [0.1, 0.15) is 55.5 Å². The van der Waals surface area contributed by atoms with Crippen LogP contribution in [-0.2, 0) is 6.42 Å². The summed E-state index contributed by atoms with van der Waals surface area (Å²) in [6, 6.07) is 55.3. The maximum absolute atomic E-state index is 11.3. The smallest absolute Gasteiger partial charge is 0.150 e. The molecular weight excluding hydrogens is 585 g/mol. The predicted octanol–water partition coefficient (Wildman–Crippen LogP) is 12.9. The van der Waals surface area contributed by atoms with Gasteiger partial charge in [0, 0.05) is 39.7 Å². The summed E-state index contributed by atoms with van der Waals surface area (Å²) in [6.07, 6.45) is 7.13. The monoisotopic (exact) mass is 628 g/mol. The maximum atomic E-state index is 11.3. The van der Waals surface area contributed by atoms with Crippen molar-refractivity contribution in [2.45, 2.75) is 46.0 Å². The Balaban J connectivity index is 1.25. The minimum Gasteiger partial charge on any atom is -0.311 e. The van der Waals surface area contributed by atoms with Gasteiger partial charge in [-0.1, -0.05) is 112 Å². The van der Waals surface area contributed by atoms with Crippen LogP contribution in [0.4, 0.5) is 34.1 Å². The lowest BCUT2D eigenvalue weighted by atomic mass is 9.92. The number of carbonyl (C=O) groups excluding carboxylic acids is 1. The molecule has 0 fully saturated rings. The van der Waals surface area contributed by atoms with E-state index in [0.29, 0.717) is 5.56 Å². The number of nitrogens with zero attached hydrogens (tertiary/aromatic N) is 2. The lowest BCUT2D eigenvalue weighted by Crippen LogP contribution is -2.10. The van der Waals surface area contributed by atoms with E-state index in [0.717, 1.165) is 63.9 Å². The Hall–Kier alpha value is -5.41. The fraction of sp³-hybridized carbons (Fsp3) is 0.178. The Morgan fingerprint density at radius 3 is 1.29 bits per heavy atom. The van der Waals surface area contributed by atoms with Gasteiger partial charge in [0.1, 0.15) is 6.29 Å². The minimum absolute atomic E-state index is 0.663. The number of benzene rings is 6. The molecule has 0 aliphatic heterocycles. The molecule has 0 amide bonds. The third kappa shape index (κ3) is 7.75. The van der Waals surface area contributed by atoms with Crippen molar-refractivity contribution in [3.05, 3.63) is 169 Å². The van der Waals surface area contributed by atoms with Crippen molar-refractivity contribution in [2.24, 2.45) is 5.92 Å². The van der Waals surface area contributed by atoms with Crippen molar-refractivity contribution in [3.63, 3.8) is 0 Å². The lowest BCUT2D eigenvalue weighted by Gasteiger charge is -2.26. The zero-order valence-electron chi connectivity index (χ0n) is 28.0. The largest absolute Gasteiger partial charge is 0.311 e. The second-order valence-corrected chi connectivity index (χ2v) is 12.4. The summed E-state index contributed by atoms with van der Waals surface area (Å²) < 4.78 is 0. The van der Waals surface area contributed by atoms with Crippen LogP contribution in [0.5, 0.6) is 0 Å². The Labute approximate surface area is 286 Å². The molecule has 0 N–H and O–H groups in total. The van der Waals surface area contributed by atoms with E-state index in [1.54, 1.807) is 0 Å². The summed E-state index contributed by atoms with van der Waals surface area (Å²) in [5.41, 5.74) is 10.9. The molecule has 0 heterocycles. The van der Waals surface area contributed by atoms with Crippen LogP contribution >= 0.6 is 0 Å². The average molecular weight is 629 g/mol. The number of rotatable bonds is 14. The summed E-state index contributed by atoms with van der Waals surface area (Å²) in [5.74, 6) is 0.749. The number of para-hydroxylation sites is 2. The highest BCUT2D eigenvalue weighted by Gasteiger charge is 2.15. The molecule has 0 aliphatic carbocycles. The zero-order chi connectivity index (χ0) is 33.1. The van der Waals surface area contributed by atoms with Crippen LogP contribution in [0.3, 0.4) is 0 Å². The highest BCUT2D eigenvalue weighted by Crippen LogP contribution is 2.38. The third-order valence-corrected chi connectivity index (χ3v) is 9.16. The Morgan fingerprint density at radius 1 is 0.500 bits per heavy atom. The van der Waals surface area contributed by atoms with E-state index in [9.17, 15) is 4.79 Å². The summed E-state index contributed by atoms with van der Waals surface area (Å²) in [5, 5.41) is 0. The van der Waals surface area contributed by atoms with E-state index in [2.05, 4.69) is 139 Å². The molecule has 6 aromatic carbocycles. The summed E-state index contributed by atoms with van der Waals surface area (Å²) >= 11 is 0. The van der Waals surface area contributed by atoms with Crippen molar-refractivity contribution in [1.29, 1.82) is 0 Å². The first kappa shape index (κ1) is 32.5. The first-order valence-electron chi connectivity index (χ1n) is 17.2. The van der Waals surface area contributed by atoms with E-state index >= 15 is 0 Å². The molecule has 0 radical (unpaired) electrons. The molecule has 0 bridgehead atoms. The van der Waals surface area contributed by atoms with E-state index in [1.807, 2.05) is 42.5 Å². The van der Waals surface area contributed by atoms with Crippen LogP contribution < -0.4 is 9.80 Å². The van der Waals surface area contributed by atoms with Gasteiger partial charge in [-0.25, -0.2) is 0 Å². The second kappa shape index (κ2) is 15.9. The van der Waals surface area contributed by atoms with Gasteiger partial charge in [0.2, 0.25) is 0 Å². The predicted molar refractivity (Wildman–Crippen MR) is 204 cm³/mol. The van der Waals surface area contributed by atoms with Crippen LogP contribution in [-0.4, -0.2) is 6.29 Å². The Kier molecular flexibility index (Phi) is 10.8. The molecular formula is C45H44N2O. The van der Waals surface area contributed by atoms with Gasteiger partial charge in [-0.3, -0.25) is 4.79 Å². The van der Waals surface area contributed by atoms with Crippen molar-refractivity contribution in [2.75, 3.05) is 9.80 Å². The maximum Gasteiger partial charge on any atom is 0.150 e. The van der Waals surface area contributed by atoms with Crippen molar-refractivity contribution < 1.29 is 4.79 Å². The zero-order valence-corrected chi connectivity index (χ0v) is 28.0. The van der Waals surface area contributed by atoms with Gasteiger partial charge in [-0.2, -0.15) is 0 Å². The topological polar surface area (TPSA) is 23.6 Å². The van der Waals surface area contributed by atoms with Crippen molar-refractivity contribution >= 4 is 40.4 Å². The van der Waals surface area contributed by atoms with Gasteiger partial charge in [0.05, 0.1) is 0 Å². The van der Waals surface area contributed by atoms with Crippen LogP contribution in [0.2, 0.25) is 0 Å². The molecule has 3 nitrogen and oxygen atoms in total. The molecule has 1 unspecified atom stereocenters. The van der Waals surface area contributed by atoms with E-state index in [1.165, 1.54) is 31.2 Å². The van der Waals surface area contributed by atoms with Gasteiger partial charge >= 0.3 is 0 Å². The van der Waals surface area contributed by atoms with Gasteiger partial charge in [0.25, 0.3) is 0 Å². The third-order valence-electron chi connectivity index (χ3n) is 9.16. The quantitative estimate of drug-likeness (QED) is 0.112. The molecule has 3 heteroatoms. The van der Waals surface area contributed by atoms with Crippen molar-refractivity contribution in [3.8, 4) is 11.1 Å². The molecule has 6 rings (SSSR count). The fourth-order valence-electron chi connectivity index (χ4n) is 6.41. The molecule has 1 atom stereocenters. The fourth-order valence-corrected chi connectivity index (χ4v) is 6.41. The van der Waals surface area contributed by atoms with Gasteiger partial charge in [-0.05, 0) is 114 Å². The van der Waals surface area contributed by atoms with Gasteiger partial charge in [-0.15, -0.1) is 0 Å². The minimum atomic E-state index is 0.663. The standard InChI is InChI=1S/C45H44N2O/c1-3-5-12-35(4-2)33-36-17-25-42(26-18-36)46(40-13-8-6-9-14-40)44-29-21-38(22-30-44)39-23-31-45(32-24-39)47(41-15-10-7-11-16-41)43-27-19-37(34-48)20-28-43/h6-11,13-32,34-35H,3-5,12,33H2,1-2H3. The Bertz CT molecular complexity index is 1850. The molecule has 48 heavy (non-hydrogen) atoms. The van der Waals surface area contributed by atoms with Crippen LogP contribution in [0, 0.1) is 5.92 Å². The van der Waals surface area contributed by atoms with Gasteiger partial charge in [0.15, 0.2) is 0 Å². The highest BCUT2D eigenvalue weighted by molar-refractivity contribution is 5.82. The number of carbonyl (C=O) groups is 1. The van der Waals surface area contributed by atoms with E-state index in [4.69, 9.17) is 0 Å². The highest BCUT2D eigenvalue weighted by atomic mass is 16.1. The number of unbranched alkanes of at least 4 members (excludes halogenated alkanes) is 1. The van der Waals surface area contributed by atoms with E-state index in [-0.39, 0.29) is 0 Å². The molecule has 0 saturated carbocycles. The molecule has 240 valence electrons. The number of aldehydes is 1. The van der Waals surface area contributed by atoms with Crippen LogP contribution in [0.25, 0.3) is 11.1 Å². The molecule has 0 saturated heterocycles. The number of anilines is 6. The van der Waals surface area contributed by atoms with Crippen LogP contribution in [0.15, 0.2) is 158 Å². The lowest BCUT2D eigenvalue weighted by molar-refractivity contribution is 0.112. The summed E-state index contributed by atoms with van der Waals surface area (Å²) in [7, 11) is 0. The molecule has 6 aromatic rings. The SMILES string of the molecule is CCCCC(CC)Cc1ccc(N(c2ccccc2)c2ccc(-c3ccc(N(c4ccccc4)c4ccc(C=O)cc4)cc3)cc2)cc1. The molecule has 0 aromatic heterocycles. The van der Waals surface area contributed by atoms with Gasteiger partial charge < -0.3 is 9.80 Å². The number of hydrogen-bond acceptors (Lipinski definition) is 3. The second-order valence-electron chi connectivity index (χ2n) is 12.4. The Morgan fingerprint density at radius 2 is 0.896 bits per heavy atom. The molecule has 0 spiro atoms. The average Bonchev–Trinajstić information content (AvgIpc) is 3.16. The summed E-state index contributed by atoms with van der Waals surface area (Å²) in [4.78, 5) is 15.8. The first-order chi connectivity index (χ1) is 23.7. The normalized spacial score (nSPS) is 11.5. The van der Waals surface area contributed by atoms with E-state index < -0.39 is 0 Å². The molecule has 0 aliphatic rings. The summed E-state index contributed by atoms with van der Waals surface area (Å²) in [6.45, 7) is 4.60. The first-order valence-corrected chi connectivity index (χ1v) is 17.2. The number of hydrogen-bond donors (Lipinski definition) is 0. The van der Waals surface area contributed by atoms with Crippen molar-refractivity contribution in [1.82, 2.24) is 0 Å².